The monoisotopic (exact) mass is 436 g/mol. The third-order valence-corrected chi connectivity index (χ3v) is 5.92. The van der Waals surface area contributed by atoms with E-state index in [1.54, 1.807) is 22.8 Å². The molecule has 9 heteroatoms. The maximum atomic E-state index is 12.9. The van der Waals surface area contributed by atoms with Crippen LogP contribution in [0, 0.1) is 5.92 Å². The summed E-state index contributed by atoms with van der Waals surface area (Å²) in [6, 6.07) is 4.63. The number of urea groups is 1. The normalized spacial score (nSPS) is 14.5. The molecule has 29 heavy (non-hydrogen) atoms. The van der Waals surface area contributed by atoms with Crippen LogP contribution < -0.4 is 16.2 Å². The molecule has 7 nitrogen and oxygen atoms in total. The van der Waals surface area contributed by atoms with Crippen molar-refractivity contribution in [3.63, 3.8) is 0 Å². The molecule has 0 bridgehead atoms. The van der Waals surface area contributed by atoms with E-state index in [9.17, 15) is 14.4 Å². The van der Waals surface area contributed by atoms with Crippen molar-refractivity contribution in [2.24, 2.45) is 5.92 Å². The lowest BCUT2D eigenvalue weighted by atomic mass is 10.2. The molecule has 1 aliphatic carbocycles. The summed E-state index contributed by atoms with van der Waals surface area (Å²) in [5.41, 5.74) is 0.326. The number of hydrogen-bond donors (Lipinski definition) is 2. The Bertz CT molecular complexity index is 970. The summed E-state index contributed by atoms with van der Waals surface area (Å²) in [5.74, 6) is -0.221. The van der Waals surface area contributed by atoms with Gasteiger partial charge in [-0.15, -0.1) is 0 Å². The Balaban J connectivity index is 1.72. The fourth-order valence-corrected chi connectivity index (χ4v) is 4.37. The molecule has 0 spiro atoms. The van der Waals surface area contributed by atoms with E-state index >= 15 is 0 Å². The molecule has 0 saturated heterocycles. The second-order valence-electron chi connectivity index (χ2n) is 7.66. The first-order valence-corrected chi connectivity index (χ1v) is 11.1. The Morgan fingerprint density at radius 2 is 2.03 bits per heavy atom. The number of halogens is 1. The minimum Gasteiger partial charge on any atom is -0.335 e. The van der Waals surface area contributed by atoms with Crippen LogP contribution in [-0.4, -0.2) is 33.3 Å². The van der Waals surface area contributed by atoms with Gasteiger partial charge in [-0.1, -0.05) is 50.1 Å². The van der Waals surface area contributed by atoms with Crippen molar-refractivity contribution in [2.75, 3.05) is 5.75 Å². The number of nitrogens with zero attached hydrogens (tertiary/aromatic N) is 2. The highest BCUT2D eigenvalue weighted by Crippen LogP contribution is 2.21. The fourth-order valence-electron chi connectivity index (χ4n) is 3.39. The standard InChI is InChI=1S/C20H25ClN4O3S/c1-12(2)10-25-18(27)15-8-7-13(21)9-16(15)23-20(25)29-11-17(26)24-19(28)22-14-5-3-4-6-14/h7-9,12,14H,3-6,10-11H2,1-2H3,(H2,22,24,26,28). The summed E-state index contributed by atoms with van der Waals surface area (Å²) in [6.07, 6.45) is 4.09. The number of thioether (sulfide) groups is 1. The zero-order valence-corrected chi connectivity index (χ0v) is 18.1. The Labute approximate surface area is 178 Å². The van der Waals surface area contributed by atoms with Crippen LogP contribution in [0.5, 0.6) is 0 Å². The summed E-state index contributed by atoms with van der Waals surface area (Å²) in [6.45, 7) is 4.50. The summed E-state index contributed by atoms with van der Waals surface area (Å²) < 4.78 is 1.58. The summed E-state index contributed by atoms with van der Waals surface area (Å²) in [7, 11) is 0. The van der Waals surface area contributed by atoms with Crippen LogP contribution in [0.3, 0.4) is 0 Å². The largest absolute Gasteiger partial charge is 0.335 e. The van der Waals surface area contributed by atoms with Crippen LogP contribution in [0.4, 0.5) is 4.79 Å². The molecule has 1 saturated carbocycles. The molecule has 0 radical (unpaired) electrons. The third kappa shape index (κ3) is 5.73. The molecule has 1 aromatic carbocycles. The van der Waals surface area contributed by atoms with Gasteiger partial charge in [0.1, 0.15) is 0 Å². The van der Waals surface area contributed by atoms with E-state index in [4.69, 9.17) is 11.6 Å². The molecule has 1 aliphatic rings. The quantitative estimate of drug-likeness (QED) is 0.533. The number of hydrogen-bond acceptors (Lipinski definition) is 5. The van der Waals surface area contributed by atoms with Gasteiger partial charge in [-0.05, 0) is 37.0 Å². The molecular formula is C20H25ClN4O3S. The molecular weight excluding hydrogens is 412 g/mol. The molecule has 3 rings (SSSR count). The molecule has 3 amide bonds. The van der Waals surface area contributed by atoms with Gasteiger partial charge >= 0.3 is 6.03 Å². The number of amides is 3. The van der Waals surface area contributed by atoms with Gasteiger partial charge < -0.3 is 5.32 Å². The summed E-state index contributed by atoms with van der Waals surface area (Å²) in [5, 5.41) is 6.58. The van der Waals surface area contributed by atoms with Gasteiger partial charge in [0.15, 0.2) is 5.16 Å². The molecule has 156 valence electrons. The second-order valence-corrected chi connectivity index (χ2v) is 9.04. The zero-order chi connectivity index (χ0) is 21.0. The average Bonchev–Trinajstić information content (AvgIpc) is 3.15. The van der Waals surface area contributed by atoms with Gasteiger partial charge in [-0.3, -0.25) is 19.5 Å². The number of carbonyl (C=O) groups excluding carboxylic acids is 2. The van der Waals surface area contributed by atoms with E-state index in [0.717, 1.165) is 37.4 Å². The number of carbonyl (C=O) groups is 2. The number of imide groups is 1. The molecule has 2 N–H and O–H groups in total. The van der Waals surface area contributed by atoms with Crippen molar-refractivity contribution in [1.82, 2.24) is 20.2 Å². The molecule has 1 heterocycles. The molecule has 2 aromatic rings. The number of rotatable bonds is 6. The predicted octanol–water partition coefficient (Wildman–Crippen LogP) is 3.57. The minimum absolute atomic E-state index is 0.0192. The van der Waals surface area contributed by atoms with Crippen LogP contribution >= 0.6 is 23.4 Å². The maximum Gasteiger partial charge on any atom is 0.321 e. The predicted molar refractivity (Wildman–Crippen MR) is 116 cm³/mol. The van der Waals surface area contributed by atoms with E-state index in [1.807, 2.05) is 13.8 Å². The Kier molecular flexibility index (Phi) is 7.18. The van der Waals surface area contributed by atoms with E-state index in [-0.39, 0.29) is 23.3 Å². The number of fused-ring (bicyclic) bond motifs is 1. The summed E-state index contributed by atoms with van der Waals surface area (Å²) >= 11 is 7.17. The van der Waals surface area contributed by atoms with Gasteiger partial charge in [0, 0.05) is 17.6 Å². The fraction of sp³-hybridized carbons (Fsp3) is 0.500. The van der Waals surface area contributed by atoms with Gasteiger partial charge in [-0.2, -0.15) is 0 Å². The van der Waals surface area contributed by atoms with Gasteiger partial charge in [-0.25, -0.2) is 9.78 Å². The molecule has 0 atom stereocenters. The SMILES string of the molecule is CC(C)Cn1c(SCC(=O)NC(=O)NC2CCCC2)nc2cc(Cl)ccc2c1=O. The van der Waals surface area contributed by atoms with Crippen molar-refractivity contribution in [3.05, 3.63) is 33.6 Å². The third-order valence-electron chi connectivity index (χ3n) is 4.71. The first kappa shape index (κ1) is 21.6. The van der Waals surface area contributed by atoms with Gasteiger partial charge in [0.05, 0.1) is 16.7 Å². The lowest BCUT2D eigenvalue weighted by Crippen LogP contribution is -2.44. The van der Waals surface area contributed by atoms with E-state index < -0.39 is 11.9 Å². The molecule has 0 unspecified atom stereocenters. The average molecular weight is 437 g/mol. The number of aromatic nitrogens is 2. The Hall–Kier alpha value is -2.06. The number of nitrogens with one attached hydrogen (secondary N) is 2. The van der Waals surface area contributed by atoms with E-state index in [2.05, 4.69) is 15.6 Å². The van der Waals surface area contributed by atoms with E-state index in [0.29, 0.717) is 27.6 Å². The van der Waals surface area contributed by atoms with Crippen LogP contribution in [0.15, 0.2) is 28.2 Å². The smallest absolute Gasteiger partial charge is 0.321 e. The van der Waals surface area contributed by atoms with Crippen LogP contribution in [-0.2, 0) is 11.3 Å². The Morgan fingerprint density at radius 1 is 1.31 bits per heavy atom. The molecule has 1 aromatic heterocycles. The Morgan fingerprint density at radius 3 is 2.72 bits per heavy atom. The molecule has 1 fully saturated rings. The van der Waals surface area contributed by atoms with Crippen molar-refractivity contribution in [1.29, 1.82) is 0 Å². The highest BCUT2D eigenvalue weighted by Gasteiger charge is 2.19. The highest BCUT2D eigenvalue weighted by molar-refractivity contribution is 7.99. The highest BCUT2D eigenvalue weighted by atomic mass is 35.5. The zero-order valence-electron chi connectivity index (χ0n) is 16.5. The first-order chi connectivity index (χ1) is 13.8. The van der Waals surface area contributed by atoms with Crippen LogP contribution in [0.25, 0.3) is 10.9 Å². The van der Waals surface area contributed by atoms with Crippen molar-refractivity contribution in [3.8, 4) is 0 Å². The second kappa shape index (κ2) is 9.63. The van der Waals surface area contributed by atoms with Gasteiger partial charge in [0.2, 0.25) is 5.91 Å². The lowest BCUT2D eigenvalue weighted by molar-refractivity contribution is -0.117. The topological polar surface area (TPSA) is 93.1 Å². The van der Waals surface area contributed by atoms with Crippen LogP contribution in [0.2, 0.25) is 5.02 Å². The minimum atomic E-state index is -0.472. The van der Waals surface area contributed by atoms with E-state index in [1.165, 1.54) is 0 Å². The van der Waals surface area contributed by atoms with Crippen molar-refractivity contribution < 1.29 is 9.59 Å². The number of benzene rings is 1. The van der Waals surface area contributed by atoms with Crippen LogP contribution in [0.1, 0.15) is 39.5 Å². The van der Waals surface area contributed by atoms with Gasteiger partial charge in [0.25, 0.3) is 5.56 Å². The molecule has 0 aliphatic heterocycles. The maximum absolute atomic E-state index is 12.9. The first-order valence-electron chi connectivity index (χ1n) is 9.76. The summed E-state index contributed by atoms with van der Waals surface area (Å²) in [4.78, 5) is 41.6. The van der Waals surface area contributed by atoms with Crippen molar-refractivity contribution >= 4 is 46.2 Å². The van der Waals surface area contributed by atoms with Crippen molar-refractivity contribution in [2.45, 2.75) is 57.3 Å². The lowest BCUT2D eigenvalue weighted by Gasteiger charge is -2.15.